The molecule has 3 aromatic carbocycles. The number of nitrogens with one attached hydrogen (secondary N) is 1. The van der Waals surface area contributed by atoms with Crippen LogP contribution in [0.1, 0.15) is 38.3 Å². The smallest absolute Gasteiger partial charge is 0.264 e. The lowest BCUT2D eigenvalue weighted by atomic mass is 10.1. The van der Waals surface area contributed by atoms with Gasteiger partial charge in [0.15, 0.2) is 0 Å². The van der Waals surface area contributed by atoms with Crippen molar-refractivity contribution in [3.63, 3.8) is 0 Å². The van der Waals surface area contributed by atoms with Crippen molar-refractivity contribution in [1.29, 1.82) is 0 Å². The predicted octanol–water partition coefficient (Wildman–Crippen LogP) is 5.18. The molecule has 0 radical (unpaired) electrons. The van der Waals surface area contributed by atoms with Gasteiger partial charge in [-0.25, -0.2) is 8.42 Å². The SMILES string of the molecule is CC[C@@H](C)NC(=O)[C@H](C)N(Cc1ccc(Cl)cc1)C(=O)CN(c1ccc(C)cc1)S(=O)(=O)c1ccc(OC)cc1. The van der Waals surface area contributed by atoms with E-state index in [1.54, 1.807) is 67.6 Å². The quantitative estimate of drug-likeness (QED) is 0.316. The van der Waals surface area contributed by atoms with Crippen LogP contribution in [0.5, 0.6) is 5.75 Å². The summed E-state index contributed by atoms with van der Waals surface area (Å²) in [5, 5.41) is 3.46. The van der Waals surface area contributed by atoms with E-state index in [-0.39, 0.29) is 23.4 Å². The maximum Gasteiger partial charge on any atom is 0.264 e. The molecule has 2 amide bonds. The number of aryl methyl sites for hydroxylation is 1. The molecule has 3 rings (SSSR count). The van der Waals surface area contributed by atoms with Crippen LogP contribution in [0, 0.1) is 6.92 Å². The number of anilines is 1. The topological polar surface area (TPSA) is 96.0 Å². The number of carbonyl (C=O) groups is 2. The van der Waals surface area contributed by atoms with Crippen LogP contribution in [0.2, 0.25) is 5.02 Å². The number of ether oxygens (including phenoxy) is 1. The fraction of sp³-hybridized carbons (Fsp3) is 0.333. The van der Waals surface area contributed by atoms with Gasteiger partial charge < -0.3 is 15.0 Å². The fourth-order valence-corrected chi connectivity index (χ4v) is 5.49. The molecule has 0 saturated carbocycles. The summed E-state index contributed by atoms with van der Waals surface area (Å²) >= 11 is 6.05. The van der Waals surface area contributed by atoms with Crippen molar-refractivity contribution >= 4 is 39.1 Å². The summed E-state index contributed by atoms with van der Waals surface area (Å²) in [6, 6.07) is 18.9. The number of carbonyl (C=O) groups excluding carboxylic acids is 2. The molecule has 0 saturated heterocycles. The largest absolute Gasteiger partial charge is 0.497 e. The number of halogens is 1. The summed E-state index contributed by atoms with van der Waals surface area (Å²) in [7, 11) is -2.66. The van der Waals surface area contributed by atoms with Crippen LogP contribution in [0.4, 0.5) is 5.69 Å². The van der Waals surface area contributed by atoms with Crippen LogP contribution in [0.25, 0.3) is 0 Å². The van der Waals surface area contributed by atoms with Crippen LogP contribution in [0.3, 0.4) is 0 Å². The van der Waals surface area contributed by atoms with Gasteiger partial charge in [-0.2, -0.15) is 0 Å². The molecule has 10 heteroatoms. The van der Waals surface area contributed by atoms with Crippen LogP contribution in [-0.2, 0) is 26.2 Å². The van der Waals surface area contributed by atoms with E-state index < -0.39 is 28.5 Å². The number of hydrogen-bond acceptors (Lipinski definition) is 5. The Morgan fingerprint density at radius 2 is 1.55 bits per heavy atom. The third-order valence-electron chi connectivity index (χ3n) is 6.68. The van der Waals surface area contributed by atoms with Gasteiger partial charge in [-0.3, -0.25) is 13.9 Å². The molecule has 0 fully saturated rings. The van der Waals surface area contributed by atoms with Gasteiger partial charge in [0.25, 0.3) is 10.0 Å². The van der Waals surface area contributed by atoms with E-state index >= 15 is 0 Å². The molecule has 1 N–H and O–H groups in total. The maximum atomic E-state index is 13.9. The Morgan fingerprint density at radius 1 is 0.950 bits per heavy atom. The van der Waals surface area contributed by atoms with Gasteiger partial charge in [-0.05, 0) is 81.3 Å². The van der Waals surface area contributed by atoms with Crippen molar-refractivity contribution in [1.82, 2.24) is 10.2 Å². The Balaban J connectivity index is 2.01. The molecule has 40 heavy (non-hydrogen) atoms. The number of benzene rings is 3. The number of rotatable bonds is 12. The summed E-state index contributed by atoms with van der Waals surface area (Å²) in [4.78, 5) is 28.4. The van der Waals surface area contributed by atoms with Crippen molar-refractivity contribution in [3.05, 3.63) is 88.9 Å². The molecule has 0 aliphatic carbocycles. The van der Waals surface area contributed by atoms with Crippen molar-refractivity contribution < 1.29 is 22.7 Å². The van der Waals surface area contributed by atoms with Crippen molar-refractivity contribution in [2.24, 2.45) is 0 Å². The second-order valence-corrected chi connectivity index (χ2v) is 12.0. The maximum absolute atomic E-state index is 13.9. The highest BCUT2D eigenvalue weighted by Crippen LogP contribution is 2.26. The van der Waals surface area contributed by atoms with E-state index in [4.69, 9.17) is 16.3 Å². The van der Waals surface area contributed by atoms with Crippen LogP contribution in [-0.4, -0.2) is 50.9 Å². The lowest BCUT2D eigenvalue weighted by molar-refractivity contribution is -0.139. The molecular weight excluding hydrogens is 550 g/mol. The highest BCUT2D eigenvalue weighted by Gasteiger charge is 2.32. The Kier molecular flexibility index (Phi) is 10.6. The Hall–Kier alpha value is -3.56. The van der Waals surface area contributed by atoms with Gasteiger partial charge in [0, 0.05) is 17.6 Å². The Labute approximate surface area is 241 Å². The molecule has 0 unspecified atom stereocenters. The predicted molar refractivity (Wildman–Crippen MR) is 158 cm³/mol. The van der Waals surface area contributed by atoms with E-state index in [1.807, 2.05) is 20.8 Å². The number of methoxy groups -OCH3 is 1. The van der Waals surface area contributed by atoms with E-state index in [9.17, 15) is 18.0 Å². The Morgan fingerprint density at radius 3 is 2.10 bits per heavy atom. The molecule has 0 bridgehead atoms. The minimum absolute atomic E-state index is 0.00786. The average molecular weight is 586 g/mol. The molecule has 0 aliphatic heterocycles. The van der Waals surface area contributed by atoms with Gasteiger partial charge in [-0.15, -0.1) is 0 Å². The number of nitrogens with zero attached hydrogens (tertiary/aromatic N) is 2. The van der Waals surface area contributed by atoms with Gasteiger partial charge in [0.1, 0.15) is 18.3 Å². The van der Waals surface area contributed by atoms with Crippen molar-refractivity contribution in [2.75, 3.05) is 18.0 Å². The molecule has 8 nitrogen and oxygen atoms in total. The van der Waals surface area contributed by atoms with Crippen molar-refractivity contribution in [2.45, 2.75) is 57.6 Å². The van der Waals surface area contributed by atoms with Gasteiger partial charge in [0.05, 0.1) is 17.7 Å². The summed E-state index contributed by atoms with van der Waals surface area (Å²) in [5.41, 5.74) is 2.02. The van der Waals surface area contributed by atoms with E-state index in [0.717, 1.165) is 21.9 Å². The molecule has 214 valence electrons. The minimum atomic E-state index is -4.16. The van der Waals surface area contributed by atoms with Gasteiger partial charge >= 0.3 is 0 Å². The lowest BCUT2D eigenvalue weighted by Gasteiger charge is -2.32. The Bertz CT molecular complexity index is 1390. The molecule has 3 aromatic rings. The van der Waals surface area contributed by atoms with Crippen LogP contribution in [0.15, 0.2) is 77.7 Å². The van der Waals surface area contributed by atoms with Crippen LogP contribution < -0.4 is 14.4 Å². The highest BCUT2D eigenvalue weighted by atomic mass is 35.5. The standard InChI is InChI=1S/C30H36ClN3O5S/c1-6-22(3)32-30(36)23(4)33(19-24-9-11-25(31)12-10-24)29(35)20-34(26-13-7-21(2)8-14-26)40(37,38)28-17-15-27(39-5)16-18-28/h7-18,22-23H,6,19-20H2,1-5H3,(H,32,36)/t22-,23+/m1/s1. The first-order chi connectivity index (χ1) is 19.0. The monoisotopic (exact) mass is 585 g/mol. The average Bonchev–Trinajstić information content (AvgIpc) is 2.95. The third-order valence-corrected chi connectivity index (χ3v) is 8.72. The third kappa shape index (κ3) is 7.76. The van der Waals surface area contributed by atoms with Gasteiger partial charge in [-0.1, -0.05) is 48.4 Å². The lowest BCUT2D eigenvalue weighted by Crippen LogP contribution is -2.52. The zero-order chi connectivity index (χ0) is 29.4. The number of hydrogen-bond donors (Lipinski definition) is 1. The summed E-state index contributed by atoms with van der Waals surface area (Å²) in [5.74, 6) is -0.344. The fourth-order valence-electron chi connectivity index (χ4n) is 3.95. The number of amides is 2. The van der Waals surface area contributed by atoms with E-state index in [2.05, 4.69) is 5.32 Å². The van der Waals surface area contributed by atoms with E-state index in [1.165, 1.54) is 24.1 Å². The molecule has 0 aliphatic rings. The van der Waals surface area contributed by atoms with Crippen LogP contribution >= 0.6 is 11.6 Å². The minimum Gasteiger partial charge on any atom is -0.497 e. The summed E-state index contributed by atoms with van der Waals surface area (Å²) in [6.45, 7) is 6.95. The second-order valence-electron chi connectivity index (χ2n) is 9.66. The summed E-state index contributed by atoms with van der Waals surface area (Å²) in [6.07, 6.45) is 0.727. The van der Waals surface area contributed by atoms with E-state index in [0.29, 0.717) is 16.5 Å². The number of sulfonamides is 1. The summed E-state index contributed by atoms with van der Waals surface area (Å²) < 4.78 is 34.0. The van der Waals surface area contributed by atoms with Crippen molar-refractivity contribution in [3.8, 4) is 5.75 Å². The highest BCUT2D eigenvalue weighted by molar-refractivity contribution is 7.92. The first-order valence-corrected chi connectivity index (χ1v) is 14.9. The first kappa shape index (κ1) is 31.0. The normalized spacial score (nSPS) is 12.8. The molecular formula is C30H36ClN3O5S. The molecule has 0 spiro atoms. The van der Waals surface area contributed by atoms with Gasteiger partial charge in [0.2, 0.25) is 11.8 Å². The molecule has 2 atom stereocenters. The molecule has 0 aromatic heterocycles. The zero-order valence-corrected chi connectivity index (χ0v) is 25.0. The second kappa shape index (κ2) is 13.7. The first-order valence-electron chi connectivity index (χ1n) is 13.0. The molecule has 0 heterocycles. The zero-order valence-electron chi connectivity index (χ0n) is 23.4.